The van der Waals surface area contributed by atoms with Crippen LogP contribution in [0.3, 0.4) is 0 Å². The molecule has 1 aliphatic heterocycles. The second kappa shape index (κ2) is 7.33. The van der Waals surface area contributed by atoms with Gasteiger partial charge in [-0.3, -0.25) is 15.0 Å². The van der Waals surface area contributed by atoms with Crippen LogP contribution >= 0.6 is 0 Å². The maximum absolute atomic E-state index is 11.4. The maximum atomic E-state index is 11.4. The third kappa shape index (κ3) is 3.72. The van der Waals surface area contributed by atoms with Crippen molar-refractivity contribution in [3.05, 3.63) is 57.7 Å². The molecule has 0 saturated carbocycles. The zero-order valence-corrected chi connectivity index (χ0v) is 15.0. The van der Waals surface area contributed by atoms with Gasteiger partial charge in [0.2, 0.25) is 0 Å². The van der Waals surface area contributed by atoms with E-state index in [-0.39, 0.29) is 22.6 Å². The summed E-state index contributed by atoms with van der Waals surface area (Å²) in [5.41, 5.74) is 1.98. The molecule has 1 saturated heterocycles. The number of aromatic nitrogens is 2. The Labute approximate surface area is 147 Å². The van der Waals surface area contributed by atoms with Crippen LogP contribution in [-0.4, -0.2) is 39.0 Å². The Morgan fingerprint density at radius 1 is 1.44 bits per heavy atom. The van der Waals surface area contributed by atoms with Crippen molar-refractivity contribution in [1.82, 2.24) is 19.8 Å². The maximum Gasteiger partial charge on any atom is 0.273 e. The molecule has 0 radical (unpaired) electrons. The molecular weight excluding hydrogens is 318 g/mol. The number of nitrogens with zero attached hydrogens (tertiary/aromatic N) is 4. The monoisotopic (exact) mass is 343 g/mol. The van der Waals surface area contributed by atoms with Crippen LogP contribution < -0.4 is 5.32 Å². The second-order valence-corrected chi connectivity index (χ2v) is 6.89. The molecule has 134 valence electrons. The molecule has 1 N–H and O–H groups in total. The molecule has 0 bridgehead atoms. The van der Waals surface area contributed by atoms with Crippen LogP contribution in [0.4, 0.5) is 5.69 Å². The summed E-state index contributed by atoms with van der Waals surface area (Å²) >= 11 is 0. The van der Waals surface area contributed by atoms with E-state index in [0.717, 1.165) is 36.6 Å². The van der Waals surface area contributed by atoms with Gasteiger partial charge in [0.05, 0.1) is 11.0 Å². The van der Waals surface area contributed by atoms with Crippen molar-refractivity contribution >= 4 is 5.69 Å². The quantitative estimate of drug-likeness (QED) is 0.667. The molecule has 3 rings (SSSR count). The van der Waals surface area contributed by atoms with E-state index in [1.54, 1.807) is 6.07 Å². The summed E-state index contributed by atoms with van der Waals surface area (Å²) in [6.45, 7) is 7.27. The van der Waals surface area contributed by atoms with Gasteiger partial charge >= 0.3 is 0 Å². The number of aryl methyl sites for hydroxylation is 1. The summed E-state index contributed by atoms with van der Waals surface area (Å²) in [5.74, 6) is 1.15. The normalized spacial score (nSPS) is 18.6. The van der Waals surface area contributed by atoms with Gasteiger partial charge in [-0.1, -0.05) is 26.0 Å². The van der Waals surface area contributed by atoms with E-state index in [0.29, 0.717) is 6.54 Å². The van der Waals surface area contributed by atoms with E-state index in [2.05, 4.69) is 15.2 Å². The molecule has 0 spiro atoms. The fraction of sp³-hybridized carbons (Fsp3) is 0.500. The molecule has 1 aliphatic rings. The number of hydrogen-bond donors (Lipinski definition) is 1. The minimum atomic E-state index is -0.271. The van der Waals surface area contributed by atoms with Crippen molar-refractivity contribution in [2.24, 2.45) is 7.05 Å². The van der Waals surface area contributed by atoms with Crippen molar-refractivity contribution in [2.75, 3.05) is 19.6 Å². The Kier molecular flexibility index (Phi) is 5.15. The number of piperazine rings is 1. The van der Waals surface area contributed by atoms with E-state index < -0.39 is 0 Å². The van der Waals surface area contributed by atoms with Crippen LogP contribution in [0.5, 0.6) is 0 Å². The SMILES string of the molecule is CC(C)c1ccc(CN2CCNCC2c2nccn2C)cc1[N+](=O)[O-]. The lowest BCUT2D eigenvalue weighted by atomic mass is 9.99. The molecule has 1 unspecified atom stereocenters. The number of nitro groups is 1. The van der Waals surface area contributed by atoms with Crippen LogP contribution in [0.1, 0.15) is 42.8 Å². The van der Waals surface area contributed by atoms with Gasteiger partial charge < -0.3 is 9.88 Å². The number of nitro benzene ring substituents is 1. The molecule has 25 heavy (non-hydrogen) atoms. The van der Waals surface area contributed by atoms with Crippen molar-refractivity contribution in [3.63, 3.8) is 0 Å². The number of nitrogens with one attached hydrogen (secondary N) is 1. The first kappa shape index (κ1) is 17.6. The Morgan fingerprint density at radius 3 is 2.88 bits per heavy atom. The summed E-state index contributed by atoms with van der Waals surface area (Å²) in [4.78, 5) is 18.0. The summed E-state index contributed by atoms with van der Waals surface area (Å²) in [6, 6.07) is 5.81. The van der Waals surface area contributed by atoms with Crippen LogP contribution in [0.25, 0.3) is 0 Å². The molecule has 1 atom stereocenters. The zero-order valence-electron chi connectivity index (χ0n) is 15.0. The summed E-state index contributed by atoms with van der Waals surface area (Å²) in [5, 5.41) is 14.9. The van der Waals surface area contributed by atoms with Gasteiger partial charge in [-0.05, 0) is 11.5 Å². The molecule has 1 fully saturated rings. The molecule has 7 nitrogen and oxygen atoms in total. The van der Waals surface area contributed by atoms with Gasteiger partial charge in [-0.2, -0.15) is 0 Å². The van der Waals surface area contributed by atoms with Gasteiger partial charge in [0.25, 0.3) is 5.69 Å². The van der Waals surface area contributed by atoms with Crippen molar-refractivity contribution < 1.29 is 4.92 Å². The van der Waals surface area contributed by atoms with Crippen molar-refractivity contribution in [3.8, 4) is 0 Å². The lowest BCUT2D eigenvalue weighted by Crippen LogP contribution is -2.46. The average Bonchev–Trinajstić information content (AvgIpc) is 3.01. The predicted molar refractivity (Wildman–Crippen MR) is 96.4 cm³/mol. The number of rotatable bonds is 5. The fourth-order valence-electron chi connectivity index (χ4n) is 3.46. The minimum Gasteiger partial charge on any atom is -0.337 e. The first-order chi connectivity index (χ1) is 12.0. The number of benzene rings is 1. The Bertz CT molecular complexity index is 756. The number of hydrogen-bond acceptors (Lipinski definition) is 5. The molecule has 7 heteroatoms. The topological polar surface area (TPSA) is 76.2 Å². The van der Waals surface area contributed by atoms with Gasteiger partial charge in [0, 0.05) is 57.3 Å². The van der Waals surface area contributed by atoms with Crippen LogP contribution in [-0.2, 0) is 13.6 Å². The lowest BCUT2D eigenvalue weighted by molar-refractivity contribution is -0.385. The average molecular weight is 343 g/mol. The van der Waals surface area contributed by atoms with Crippen LogP contribution in [0.15, 0.2) is 30.6 Å². The van der Waals surface area contributed by atoms with Crippen molar-refractivity contribution in [2.45, 2.75) is 32.4 Å². The fourth-order valence-corrected chi connectivity index (χ4v) is 3.46. The Hall–Kier alpha value is -2.25. The summed E-state index contributed by atoms with van der Waals surface area (Å²) in [6.07, 6.45) is 3.76. The van der Waals surface area contributed by atoms with E-state index in [1.807, 2.05) is 50.0 Å². The molecular formula is C18H25N5O2. The largest absolute Gasteiger partial charge is 0.337 e. The number of imidazole rings is 1. The first-order valence-electron chi connectivity index (χ1n) is 8.66. The van der Waals surface area contributed by atoms with Gasteiger partial charge in [0.1, 0.15) is 5.82 Å². The third-order valence-corrected chi connectivity index (χ3v) is 4.81. The molecule has 2 heterocycles. The van der Waals surface area contributed by atoms with E-state index in [9.17, 15) is 10.1 Å². The van der Waals surface area contributed by atoms with Gasteiger partial charge in [0.15, 0.2) is 0 Å². The van der Waals surface area contributed by atoms with Crippen LogP contribution in [0.2, 0.25) is 0 Å². The highest BCUT2D eigenvalue weighted by Gasteiger charge is 2.27. The smallest absolute Gasteiger partial charge is 0.273 e. The highest BCUT2D eigenvalue weighted by atomic mass is 16.6. The zero-order chi connectivity index (χ0) is 18.0. The van der Waals surface area contributed by atoms with E-state index >= 15 is 0 Å². The van der Waals surface area contributed by atoms with Crippen LogP contribution in [0, 0.1) is 10.1 Å². The third-order valence-electron chi connectivity index (χ3n) is 4.81. The predicted octanol–water partition coefficient (Wildman–Crippen LogP) is 2.60. The second-order valence-electron chi connectivity index (χ2n) is 6.89. The minimum absolute atomic E-state index is 0.133. The van der Waals surface area contributed by atoms with Gasteiger partial charge in [-0.25, -0.2) is 4.98 Å². The molecule has 0 aliphatic carbocycles. The first-order valence-corrected chi connectivity index (χ1v) is 8.66. The highest BCUT2D eigenvalue weighted by molar-refractivity contribution is 5.45. The summed E-state index contributed by atoms with van der Waals surface area (Å²) in [7, 11) is 2.00. The van der Waals surface area contributed by atoms with Gasteiger partial charge in [-0.15, -0.1) is 0 Å². The Morgan fingerprint density at radius 2 is 2.24 bits per heavy atom. The lowest BCUT2D eigenvalue weighted by Gasteiger charge is -2.35. The Balaban J connectivity index is 1.86. The van der Waals surface area contributed by atoms with E-state index in [4.69, 9.17) is 0 Å². The molecule has 0 amide bonds. The standard InChI is InChI=1S/C18H25N5O2/c1-13(2)15-5-4-14(10-16(15)23(24)25)12-22-9-6-19-11-17(22)18-20-7-8-21(18)3/h4-5,7-8,10,13,17,19H,6,9,11-12H2,1-3H3. The summed E-state index contributed by atoms with van der Waals surface area (Å²) < 4.78 is 2.04. The van der Waals surface area contributed by atoms with E-state index in [1.165, 1.54) is 0 Å². The molecule has 1 aromatic carbocycles. The highest BCUT2D eigenvalue weighted by Crippen LogP contribution is 2.29. The van der Waals surface area contributed by atoms with Crippen molar-refractivity contribution in [1.29, 1.82) is 0 Å². The molecule has 1 aromatic heterocycles. The molecule has 2 aromatic rings.